The normalized spacial score (nSPS) is 11.8. The molecule has 51 heavy (non-hydrogen) atoms. The van der Waals surface area contributed by atoms with Crippen molar-refractivity contribution in [2.24, 2.45) is 11.3 Å². The summed E-state index contributed by atoms with van der Waals surface area (Å²) < 4.78 is 16.2. The molecular weight excluding hydrogens is 638 g/mol. The zero-order chi connectivity index (χ0) is 37.7. The highest BCUT2D eigenvalue weighted by Gasteiger charge is 2.21. The molecule has 0 rings (SSSR count). The largest absolute Gasteiger partial charge is 0.508 e. The fourth-order valence-electron chi connectivity index (χ4n) is 6.87. The first-order chi connectivity index (χ1) is 24.8. The molecule has 0 saturated heterocycles. The van der Waals surface area contributed by atoms with Gasteiger partial charge in [0.2, 0.25) is 0 Å². The van der Waals surface area contributed by atoms with E-state index in [0.29, 0.717) is 38.7 Å². The fraction of sp³-hybridized carbons (Fsp3) is 0.955. The van der Waals surface area contributed by atoms with Crippen molar-refractivity contribution in [3.63, 3.8) is 0 Å². The van der Waals surface area contributed by atoms with Crippen LogP contribution in [-0.2, 0) is 19.0 Å². The SMILES string of the molecule is CCCCCCCCCCOC(=O)OCCCCCCN(CCO)CCCCCC(C)(C)COC(=O)CCC(CCCCCC)CCCCCC. The topological polar surface area (TPSA) is 85.3 Å². The molecule has 0 spiro atoms. The Kier molecular flexibility index (Phi) is 36.0. The summed E-state index contributed by atoms with van der Waals surface area (Å²) in [6.45, 7) is 15.5. The van der Waals surface area contributed by atoms with Crippen LogP contribution in [0.5, 0.6) is 0 Å². The standard InChI is InChI=1S/C44H87NO6/c1-6-9-12-15-16-17-19-27-38-49-43(48)50-39-28-20-18-25-34-45(36-37-46)35-26-21-24-33-44(4,5)40-51-42(47)32-31-41(29-22-13-10-7-2)30-23-14-11-8-3/h41,46H,6-40H2,1-5H3. The molecule has 7 nitrogen and oxygen atoms in total. The Hall–Kier alpha value is -1.34. The molecule has 1 N–H and O–H groups in total. The molecule has 0 atom stereocenters. The zero-order valence-corrected chi connectivity index (χ0v) is 34.8. The molecule has 0 radical (unpaired) electrons. The van der Waals surface area contributed by atoms with E-state index in [1.165, 1.54) is 103 Å². The van der Waals surface area contributed by atoms with Gasteiger partial charge >= 0.3 is 12.1 Å². The van der Waals surface area contributed by atoms with Gasteiger partial charge in [0.05, 0.1) is 26.4 Å². The van der Waals surface area contributed by atoms with E-state index < -0.39 is 6.16 Å². The van der Waals surface area contributed by atoms with Crippen molar-refractivity contribution >= 4 is 12.1 Å². The van der Waals surface area contributed by atoms with E-state index in [9.17, 15) is 14.7 Å². The molecule has 0 saturated carbocycles. The van der Waals surface area contributed by atoms with E-state index in [0.717, 1.165) is 83.7 Å². The number of esters is 1. The molecular formula is C44H87NO6. The number of aliphatic hydroxyl groups excluding tert-OH is 1. The molecule has 0 aliphatic heterocycles. The third-order valence-electron chi connectivity index (χ3n) is 10.4. The summed E-state index contributed by atoms with van der Waals surface area (Å²) in [5.74, 6) is 0.643. The van der Waals surface area contributed by atoms with Crippen molar-refractivity contribution in [2.45, 2.75) is 214 Å². The molecule has 0 aromatic rings. The van der Waals surface area contributed by atoms with Gasteiger partial charge < -0.3 is 24.2 Å². The molecule has 0 aliphatic carbocycles. The van der Waals surface area contributed by atoms with Gasteiger partial charge in [0, 0.05) is 13.0 Å². The summed E-state index contributed by atoms with van der Waals surface area (Å²) >= 11 is 0. The maximum Gasteiger partial charge on any atom is 0.508 e. The highest BCUT2D eigenvalue weighted by molar-refractivity contribution is 5.69. The van der Waals surface area contributed by atoms with E-state index >= 15 is 0 Å². The van der Waals surface area contributed by atoms with Crippen LogP contribution in [0.2, 0.25) is 0 Å². The Morgan fingerprint density at radius 2 is 1.00 bits per heavy atom. The van der Waals surface area contributed by atoms with Gasteiger partial charge in [-0.25, -0.2) is 4.79 Å². The van der Waals surface area contributed by atoms with Crippen LogP contribution in [0.4, 0.5) is 4.79 Å². The lowest BCUT2D eigenvalue weighted by Gasteiger charge is -2.25. The molecule has 0 unspecified atom stereocenters. The Labute approximate surface area is 317 Å². The van der Waals surface area contributed by atoms with Crippen molar-refractivity contribution in [2.75, 3.05) is 46.1 Å². The first kappa shape index (κ1) is 49.7. The monoisotopic (exact) mass is 726 g/mol. The summed E-state index contributed by atoms with van der Waals surface area (Å²) in [6, 6.07) is 0. The molecule has 0 amide bonds. The van der Waals surface area contributed by atoms with Gasteiger partial charge in [-0.3, -0.25) is 4.79 Å². The first-order valence-corrected chi connectivity index (χ1v) is 22.1. The smallest absolute Gasteiger partial charge is 0.465 e. The number of carbonyl (C=O) groups is 2. The molecule has 7 heteroatoms. The Bertz CT molecular complexity index is 748. The lowest BCUT2D eigenvalue weighted by Crippen LogP contribution is -2.29. The van der Waals surface area contributed by atoms with Crippen LogP contribution in [0.3, 0.4) is 0 Å². The molecule has 0 heterocycles. The number of rotatable bonds is 39. The number of aliphatic hydroxyl groups is 1. The fourth-order valence-corrected chi connectivity index (χ4v) is 6.87. The van der Waals surface area contributed by atoms with E-state index in [-0.39, 0.29) is 18.0 Å². The summed E-state index contributed by atoms with van der Waals surface area (Å²) in [6.07, 6.45) is 32.2. The molecule has 0 aromatic heterocycles. The minimum Gasteiger partial charge on any atom is -0.465 e. The molecule has 0 bridgehead atoms. The molecule has 304 valence electrons. The van der Waals surface area contributed by atoms with E-state index in [4.69, 9.17) is 14.2 Å². The Morgan fingerprint density at radius 3 is 1.51 bits per heavy atom. The van der Waals surface area contributed by atoms with Crippen LogP contribution in [0.1, 0.15) is 214 Å². The van der Waals surface area contributed by atoms with E-state index in [2.05, 4.69) is 39.5 Å². The second-order valence-electron chi connectivity index (χ2n) is 16.1. The minimum atomic E-state index is -0.531. The highest BCUT2D eigenvalue weighted by atomic mass is 16.7. The Morgan fingerprint density at radius 1 is 0.549 bits per heavy atom. The average molecular weight is 726 g/mol. The molecule has 0 fully saturated rings. The number of nitrogens with zero attached hydrogens (tertiary/aromatic N) is 1. The first-order valence-electron chi connectivity index (χ1n) is 22.1. The van der Waals surface area contributed by atoms with Gasteiger partial charge in [0.15, 0.2) is 0 Å². The van der Waals surface area contributed by atoms with Crippen LogP contribution in [0.15, 0.2) is 0 Å². The summed E-state index contributed by atoms with van der Waals surface area (Å²) in [7, 11) is 0. The van der Waals surface area contributed by atoms with Crippen molar-refractivity contribution in [1.29, 1.82) is 0 Å². The zero-order valence-electron chi connectivity index (χ0n) is 34.8. The third kappa shape index (κ3) is 35.5. The van der Waals surface area contributed by atoms with Crippen molar-refractivity contribution in [3.05, 3.63) is 0 Å². The van der Waals surface area contributed by atoms with Gasteiger partial charge in [-0.2, -0.15) is 0 Å². The van der Waals surface area contributed by atoms with Gasteiger partial charge in [-0.05, 0) is 62.9 Å². The number of hydrogen-bond acceptors (Lipinski definition) is 7. The second kappa shape index (κ2) is 37.0. The van der Waals surface area contributed by atoms with Crippen LogP contribution in [-0.4, -0.2) is 68.2 Å². The van der Waals surface area contributed by atoms with Gasteiger partial charge in [-0.15, -0.1) is 0 Å². The van der Waals surface area contributed by atoms with Crippen LogP contribution < -0.4 is 0 Å². The quantitative estimate of drug-likeness (QED) is 0.0499. The van der Waals surface area contributed by atoms with Crippen molar-refractivity contribution in [3.8, 4) is 0 Å². The summed E-state index contributed by atoms with van der Waals surface area (Å²) in [5.41, 5.74) is -0.00611. The summed E-state index contributed by atoms with van der Waals surface area (Å²) in [4.78, 5) is 26.8. The van der Waals surface area contributed by atoms with Gasteiger partial charge in [0.1, 0.15) is 0 Å². The van der Waals surface area contributed by atoms with Gasteiger partial charge in [0.25, 0.3) is 0 Å². The minimum absolute atomic E-state index is 0.00611. The summed E-state index contributed by atoms with van der Waals surface area (Å²) in [5, 5.41) is 9.56. The van der Waals surface area contributed by atoms with Crippen LogP contribution in [0.25, 0.3) is 0 Å². The van der Waals surface area contributed by atoms with Crippen LogP contribution in [0, 0.1) is 11.3 Å². The van der Waals surface area contributed by atoms with Gasteiger partial charge in [-0.1, -0.05) is 169 Å². The highest BCUT2D eigenvalue weighted by Crippen LogP contribution is 2.26. The van der Waals surface area contributed by atoms with Crippen molar-refractivity contribution < 1.29 is 28.9 Å². The maximum absolute atomic E-state index is 12.7. The lowest BCUT2D eigenvalue weighted by atomic mass is 9.88. The number of carbonyl (C=O) groups excluding carboxylic acids is 2. The Balaban J connectivity index is 4.00. The average Bonchev–Trinajstić information content (AvgIpc) is 3.11. The maximum atomic E-state index is 12.7. The third-order valence-corrected chi connectivity index (χ3v) is 10.4. The lowest BCUT2D eigenvalue weighted by molar-refractivity contribution is -0.147. The predicted molar refractivity (Wildman–Crippen MR) is 215 cm³/mol. The number of hydrogen-bond donors (Lipinski definition) is 1. The number of unbranched alkanes of at least 4 members (excludes halogenated alkanes) is 18. The molecule has 0 aromatic carbocycles. The second-order valence-corrected chi connectivity index (χ2v) is 16.1. The van der Waals surface area contributed by atoms with E-state index in [1.54, 1.807) is 0 Å². The van der Waals surface area contributed by atoms with Crippen LogP contribution >= 0.6 is 0 Å². The predicted octanol–water partition coefficient (Wildman–Crippen LogP) is 12.6. The van der Waals surface area contributed by atoms with Crippen molar-refractivity contribution in [1.82, 2.24) is 4.90 Å². The molecule has 0 aliphatic rings. The number of ether oxygens (including phenoxy) is 3. The van der Waals surface area contributed by atoms with E-state index in [1.807, 2.05) is 0 Å².